The van der Waals surface area contributed by atoms with Crippen molar-refractivity contribution in [1.29, 1.82) is 0 Å². The number of aromatic nitrogens is 2. The lowest BCUT2D eigenvalue weighted by Gasteiger charge is -2.05. The van der Waals surface area contributed by atoms with Gasteiger partial charge in [0, 0.05) is 17.4 Å². The lowest BCUT2D eigenvalue weighted by Crippen LogP contribution is -2.02. The summed E-state index contributed by atoms with van der Waals surface area (Å²) < 4.78 is 25.5. The first-order valence-electron chi connectivity index (χ1n) is 4.84. The van der Waals surface area contributed by atoms with Crippen LogP contribution in [0.2, 0.25) is 0 Å². The number of H-pyrrole nitrogens is 1. The molecule has 0 radical (unpaired) electrons. The fourth-order valence-electron chi connectivity index (χ4n) is 1.36. The van der Waals surface area contributed by atoms with Gasteiger partial charge in [0.05, 0.1) is 18.6 Å². The second-order valence-corrected chi connectivity index (χ2v) is 3.46. The summed E-state index contributed by atoms with van der Waals surface area (Å²) in [5, 5.41) is 2.97. The first-order valence-corrected chi connectivity index (χ1v) is 4.84. The molecule has 5 heteroatoms. The summed E-state index contributed by atoms with van der Waals surface area (Å²) in [5.74, 6) is -1.70. The molecule has 84 valence electrons. The van der Waals surface area contributed by atoms with Crippen molar-refractivity contribution in [3.63, 3.8) is 0 Å². The predicted molar refractivity (Wildman–Crippen MR) is 57.0 cm³/mol. The molecule has 0 aliphatic heterocycles. The van der Waals surface area contributed by atoms with Crippen LogP contribution in [0.4, 0.5) is 14.5 Å². The largest absolute Gasteiger partial charge is 0.379 e. The molecule has 16 heavy (non-hydrogen) atoms. The van der Waals surface area contributed by atoms with Crippen LogP contribution in [0.15, 0.2) is 24.5 Å². The second kappa shape index (κ2) is 4.30. The number of aromatic amines is 1. The maximum absolute atomic E-state index is 12.9. The molecule has 0 saturated heterocycles. The highest BCUT2D eigenvalue weighted by Crippen LogP contribution is 2.14. The fraction of sp³-hybridized carbons (Fsp3) is 0.182. The van der Waals surface area contributed by atoms with Crippen molar-refractivity contribution < 1.29 is 8.78 Å². The highest BCUT2D eigenvalue weighted by Gasteiger charge is 2.04. The van der Waals surface area contributed by atoms with Gasteiger partial charge in [-0.2, -0.15) is 0 Å². The SMILES string of the molecule is Cc1[nH]cnc1CNc1ccc(F)c(F)c1. The molecule has 2 N–H and O–H groups in total. The third-order valence-corrected chi connectivity index (χ3v) is 2.31. The van der Waals surface area contributed by atoms with E-state index in [-0.39, 0.29) is 0 Å². The number of halogens is 2. The van der Waals surface area contributed by atoms with Gasteiger partial charge in [-0.25, -0.2) is 13.8 Å². The van der Waals surface area contributed by atoms with Crippen LogP contribution in [0, 0.1) is 18.6 Å². The van der Waals surface area contributed by atoms with Crippen molar-refractivity contribution in [2.24, 2.45) is 0 Å². The highest BCUT2D eigenvalue weighted by atomic mass is 19.2. The minimum Gasteiger partial charge on any atom is -0.379 e. The minimum absolute atomic E-state index is 0.473. The molecule has 0 saturated carbocycles. The Labute approximate surface area is 91.5 Å². The summed E-state index contributed by atoms with van der Waals surface area (Å²) in [6.07, 6.45) is 1.59. The first kappa shape index (κ1) is 10.6. The molecule has 0 fully saturated rings. The number of aryl methyl sites for hydroxylation is 1. The number of anilines is 1. The van der Waals surface area contributed by atoms with Crippen molar-refractivity contribution in [3.05, 3.63) is 47.5 Å². The van der Waals surface area contributed by atoms with Gasteiger partial charge in [-0.05, 0) is 19.1 Å². The van der Waals surface area contributed by atoms with Crippen molar-refractivity contribution >= 4 is 5.69 Å². The van der Waals surface area contributed by atoms with Crippen LogP contribution < -0.4 is 5.32 Å². The van der Waals surface area contributed by atoms with E-state index in [0.29, 0.717) is 12.2 Å². The molecule has 0 aliphatic rings. The number of rotatable bonds is 3. The molecule has 1 aromatic heterocycles. The van der Waals surface area contributed by atoms with Gasteiger partial charge in [-0.3, -0.25) is 0 Å². The monoisotopic (exact) mass is 223 g/mol. The van der Waals surface area contributed by atoms with E-state index in [1.165, 1.54) is 6.07 Å². The Kier molecular flexibility index (Phi) is 2.85. The predicted octanol–water partition coefficient (Wildman–Crippen LogP) is 2.61. The van der Waals surface area contributed by atoms with Crippen molar-refractivity contribution in [2.45, 2.75) is 13.5 Å². The van der Waals surface area contributed by atoms with Crippen molar-refractivity contribution in [3.8, 4) is 0 Å². The quantitative estimate of drug-likeness (QED) is 0.839. The number of nitrogens with zero attached hydrogens (tertiary/aromatic N) is 1. The van der Waals surface area contributed by atoms with Gasteiger partial charge in [0.15, 0.2) is 11.6 Å². The standard InChI is InChI=1S/C11H11F2N3/c1-7-11(16-6-15-7)5-14-8-2-3-9(12)10(13)4-8/h2-4,6,14H,5H2,1H3,(H,15,16). The molecule has 0 aliphatic carbocycles. The van der Waals surface area contributed by atoms with Gasteiger partial charge in [0.1, 0.15) is 0 Å². The number of hydrogen-bond donors (Lipinski definition) is 2. The molecular weight excluding hydrogens is 212 g/mol. The number of nitrogens with one attached hydrogen (secondary N) is 2. The maximum Gasteiger partial charge on any atom is 0.160 e. The van der Waals surface area contributed by atoms with E-state index >= 15 is 0 Å². The third kappa shape index (κ3) is 2.18. The van der Waals surface area contributed by atoms with Gasteiger partial charge in [-0.15, -0.1) is 0 Å². The summed E-state index contributed by atoms with van der Waals surface area (Å²) in [6, 6.07) is 3.70. The molecule has 3 nitrogen and oxygen atoms in total. The molecule has 0 spiro atoms. The van der Waals surface area contributed by atoms with Crippen molar-refractivity contribution in [2.75, 3.05) is 5.32 Å². The Hall–Kier alpha value is -1.91. The molecule has 0 unspecified atom stereocenters. The smallest absolute Gasteiger partial charge is 0.160 e. The molecule has 1 aromatic carbocycles. The van der Waals surface area contributed by atoms with Gasteiger partial charge < -0.3 is 10.3 Å². The molecule has 0 atom stereocenters. The summed E-state index contributed by atoms with van der Waals surface area (Å²) in [5.41, 5.74) is 2.33. The van der Waals surface area contributed by atoms with Crippen molar-refractivity contribution in [1.82, 2.24) is 9.97 Å². The Morgan fingerprint density at radius 2 is 2.12 bits per heavy atom. The van der Waals surface area contributed by atoms with E-state index in [1.807, 2.05) is 6.92 Å². The Morgan fingerprint density at radius 1 is 1.31 bits per heavy atom. The van der Waals surface area contributed by atoms with Crippen LogP contribution in [0.25, 0.3) is 0 Å². The maximum atomic E-state index is 12.9. The Bertz CT molecular complexity index is 494. The summed E-state index contributed by atoms with van der Waals surface area (Å²) in [6.45, 7) is 2.37. The fourth-order valence-corrected chi connectivity index (χ4v) is 1.36. The third-order valence-electron chi connectivity index (χ3n) is 2.31. The summed E-state index contributed by atoms with van der Waals surface area (Å²) in [4.78, 5) is 7.03. The van der Waals surface area contributed by atoms with Crippen LogP contribution in [0.1, 0.15) is 11.4 Å². The van der Waals surface area contributed by atoms with E-state index in [9.17, 15) is 8.78 Å². The zero-order valence-corrected chi connectivity index (χ0v) is 8.72. The summed E-state index contributed by atoms with van der Waals surface area (Å²) in [7, 11) is 0. The van der Waals surface area contributed by atoms with Crippen LogP contribution in [-0.4, -0.2) is 9.97 Å². The zero-order chi connectivity index (χ0) is 11.5. The Balaban J connectivity index is 2.05. The van der Waals surface area contributed by atoms with Crippen LogP contribution in [-0.2, 0) is 6.54 Å². The lowest BCUT2D eigenvalue weighted by molar-refractivity contribution is 0.509. The molecule has 1 heterocycles. The van der Waals surface area contributed by atoms with Gasteiger partial charge in [-0.1, -0.05) is 0 Å². The molecule has 0 bridgehead atoms. The molecule has 2 rings (SSSR count). The van der Waals surface area contributed by atoms with E-state index in [1.54, 1.807) is 6.33 Å². The van der Waals surface area contributed by atoms with Crippen LogP contribution >= 0.6 is 0 Å². The number of hydrogen-bond acceptors (Lipinski definition) is 2. The first-order chi connectivity index (χ1) is 7.66. The average molecular weight is 223 g/mol. The highest BCUT2D eigenvalue weighted by molar-refractivity contribution is 5.43. The normalized spacial score (nSPS) is 10.4. The molecule has 2 aromatic rings. The second-order valence-electron chi connectivity index (χ2n) is 3.46. The van der Waals surface area contributed by atoms with Crippen LogP contribution in [0.3, 0.4) is 0 Å². The summed E-state index contributed by atoms with van der Waals surface area (Å²) >= 11 is 0. The topological polar surface area (TPSA) is 40.7 Å². The molecule has 0 amide bonds. The van der Waals surface area contributed by atoms with Gasteiger partial charge in [0.25, 0.3) is 0 Å². The lowest BCUT2D eigenvalue weighted by atomic mass is 10.3. The zero-order valence-electron chi connectivity index (χ0n) is 8.72. The van der Waals surface area contributed by atoms with E-state index in [4.69, 9.17) is 0 Å². The number of imidazole rings is 1. The minimum atomic E-state index is -0.858. The number of benzene rings is 1. The average Bonchev–Trinajstić information content (AvgIpc) is 2.66. The van der Waals surface area contributed by atoms with E-state index < -0.39 is 11.6 Å². The van der Waals surface area contributed by atoms with E-state index in [2.05, 4.69) is 15.3 Å². The van der Waals surface area contributed by atoms with Gasteiger partial charge >= 0.3 is 0 Å². The van der Waals surface area contributed by atoms with Crippen LogP contribution in [0.5, 0.6) is 0 Å². The Morgan fingerprint density at radius 3 is 2.75 bits per heavy atom. The van der Waals surface area contributed by atoms with E-state index in [0.717, 1.165) is 23.5 Å². The van der Waals surface area contributed by atoms with Gasteiger partial charge in [0.2, 0.25) is 0 Å². The molecular formula is C11H11F2N3.